The molecule has 6 fully saturated rings. The lowest BCUT2D eigenvalue weighted by Crippen LogP contribution is -2.50. The highest BCUT2D eigenvalue weighted by Gasteiger charge is 2.51. The van der Waals surface area contributed by atoms with Crippen LogP contribution >= 0.6 is 0 Å². The number of nitrogens with one attached hydrogen (secondary N) is 5. The lowest BCUT2D eigenvalue weighted by molar-refractivity contribution is -0.138. The van der Waals surface area contributed by atoms with Crippen molar-refractivity contribution < 1.29 is 91.5 Å². The SMILES string of the molecule is CCNC(=O)[C@H]1O[C@@H](n2cnc3c(N)nc(C#CC(=O)N4CCN(S(C)(=O)=O)CC4)nc32)C(O)[C@H]1O.CCNC(=O)[C@H]1O[C@@H](n2cnc3c(NC(CC)CC)nc(C#CCC4CCN(C(=O)OC)CC4)nc32)C(O)[C@H]1O.CCNC(=O)[C@H]1O[C@@H](n2cnc3c(NCc4cccn4C)nc(C#CCC4CCN(C(=O)OC)CC4)nc32)C(O)[C@H]1O. The van der Waals surface area contributed by atoms with Crippen molar-refractivity contribution >= 4 is 96.8 Å². The number of imidazole rings is 3. The minimum Gasteiger partial charge on any atom is -0.453 e. The van der Waals surface area contributed by atoms with E-state index < -0.39 is 107 Å². The first-order valence-electron chi connectivity index (χ1n) is 39.0. The number of nitrogens with two attached hydrogens (primary N) is 1. The lowest BCUT2D eigenvalue weighted by Gasteiger charge is -2.31. The van der Waals surface area contributed by atoms with E-state index in [0.717, 1.165) is 50.5 Å². The van der Waals surface area contributed by atoms with Gasteiger partial charge < -0.3 is 106 Å². The third-order valence-electron chi connectivity index (χ3n) is 21.0. The maximum Gasteiger partial charge on any atom is 0.409 e. The first-order chi connectivity index (χ1) is 56.6. The van der Waals surface area contributed by atoms with Crippen LogP contribution in [0, 0.1) is 47.4 Å². The van der Waals surface area contributed by atoms with Gasteiger partial charge in [0.05, 0.1) is 46.0 Å². The van der Waals surface area contributed by atoms with Gasteiger partial charge in [-0.3, -0.25) is 32.9 Å². The summed E-state index contributed by atoms with van der Waals surface area (Å²) in [4.78, 5) is 118. The van der Waals surface area contributed by atoms with E-state index in [9.17, 15) is 67.8 Å². The number of ether oxygens (including phenoxy) is 5. The summed E-state index contributed by atoms with van der Waals surface area (Å²) in [5, 5.41) is 78.0. The van der Waals surface area contributed by atoms with Gasteiger partial charge >= 0.3 is 12.2 Å². The number of piperazine rings is 1. The predicted octanol–water partition coefficient (Wildman–Crippen LogP) is -1.23. The topological polar surface area (TPSA) is 539 Å². The first kappa shape index (κ1) is 87.8. The molecular weight excluding hydrogens is 1560 g/mol. The van der Waals surface area contributed by atoms with Crippen LogP contribution in [0.15, 0.2) is 37.3 Å². The number of hydrogen-bond donors (Lipinski definition) is 12. The lowest BCUT2D eigenvalue weighted by atomic mass is 9.94. The minimum absolute atomic E-state index is 0.0365. The number of carbonyl (C=O) groups is 6. The number of rotatable bonds is 19. The summed E-state index contributed by atoms with van der Waals surface area (Å²) in [5.74, 6) is 17.4. The van der Waals surface area contributed by atoms with Crippen LogP contribution in [-0.4, -0.2) is 310 Å². The van der Waals surface area contributed by atoms with Crippen LogP contribution < -0.4 is 32.3 Å². The van der Waals surface area contributed by atoms with Gasteiger partial charge in [0, 0.05) is 116 Å². The number of fused-ring (bicyclic) bond motifs is 3. The Hall–Kier alpha value is -11.0. The van der Waals surface area contributed by atoms with Crippen molar-refractivity contribution in [3.63, 3.8) is 0 Å². The molecule has 0 aromatic carbocycles. The number of nitrogens with zero attached hydrogens (tertiary/aromatic N) is 17. The van der Waals surface area contributed by atoms with Crippen LogP contribution in [0.1, 0.15) is 128 Å². The van der Waals surface area contributed by atoms with Crippen LogP contribution in [-0.2, 0) is 66.5 Å². The Morgan fingerprint density at radius 3 is 1.36 bits per heavy atom. The summed E-state index contributed by atoms with van der Waals surface area (Å²) < 4.78 is 57.7. The van der Waals surface area contributed by atoms with Crippen molar-refractivity contribution in [3.05, 3.63) is 60.5 Å². The van der Waals surface area contributed by atoms with Crippen LogP contribution in [0.2, 0.25) is 0 Å². The Bertz CT molecular complexity index is 5060. The molecule has 13 N–H and O–H groups in total. The van der Waals surface area contributed by atoms with Gasteiger partial charge in [0.2, 0.25) is 27.5 Å². The molecule has 6 saturated heterocycles. The molecule has 3 unspecified atom stereocenters. The van der Waals surface area contributed by atoms with E-state index in [1.165, 1.54) is 56.1 Å². The third kappa shape index (κ3) is 20.2. The van der Waals surface area contributed by atoms with Gasteiger partial charge in [-0.1, -0.05) is 25.7 Å². The average molecular weight is 1660 g/mol. The Balaban J connectivity index is 0.000000174. The molecule has 43 heteroatoms. The number of likely N-dealkylation sites (N-methyl/N-ethyl adjacent to an activating group) is 3. The number of piperidine rings is 2. The predicted molar refractivity (Wildman–Crippen MR) is 421 cm³/mol. The second-order valence-corrected chi connectivity index (χ2v) is 30.8. The van der Waals surface area contributed by atoms with Gasteiger partial charge in [0.25, 0.3) is 23.6 Å². The molecule has 0 radical (unpaired) electrons. The first-order valence-corrected chi connectivity index (χ1v) is 40.8. The largest absolute Gasteiger partial charge is 0.453 e. The van der Waals surface area contributed by atoms with Gasteiger partial charge in [-0.05, 0) is 101 Å². The molecule has 0 saturated carbocycles. The maximum absolute atomic E-state index is 12.5. The number of likely N-dealkylation sites (tertiary alicyclic amines) is 2. The zero-order valence-electron chi connectivity index (χ0n) is 66.8. The number of amides is 6. The zero-order chi connectivity index (χ0) is 84.8. The fraction of sp³-hybridized carbons (Fsp3) is 0.587. The molecule has 7 aromatic heterocycles. The molecule has 0 aliphatic carbocycles. The number of hydrogen-bond acceptors (Lipinski definition) is 31. The summed E-state index contributed by atoms with van der Waals surface area (Å²) in [6.45, 7) is 14.2. The Labute approximate surface area is 679 Å². The molecular formula is C75H101N23O19S. The summed E-state index contributed by atoms with van der Waals surface area (Å²) >= 11 is 0. The fourth-order valence-electron chi connectivity index (χ4n) is 14.3. The monoisotopic (exact) mass is 1660 g/mol. The number of aliphatic hydroxyl groups is 6. The summed E-state index contributed by atoms with van der Waals surface area (Å²) in [7, 11) is 1.39. The molecule has 42 nitrogen and oxygen atoms in total. The Kier molecular flexibility index (Phi) is 29.4. The van der Waals surface area contributed by atoms with Crippen LogP contribution in [0.4, 0.5) is 27.0 Å². The van der Waals surface area contributed by atoms with E-state index in [-0.39, 0.29) is 78.9 Å². The molecule has 13 heterocycles. The van der Waals surface area contributed by atoms with Crippen molar-refractivity contribution in [2.24, 2.45) is 18.9 Å². The van der Waals surface area contributed by atoms with Gasteiger partial charge in [0.1, 0.15) is 42.1 Å². The number of aliphatic hydroxyl groups excluding tert-OH is 6. The number of sulfonamides is 1. The molecule has 7 aromatic rings. The average Bonchev–Trinajstić information content (AvgIpc) is 1.62. The van der Waals surface area contributed by atoms with Crippen molar-refractivity contribution in [1.82, 2.24) is 98.1 Å². The normalized spacial score (nSPS) is 23.5. The van der Waals surface area contributed by atoms with E-state index >= 15 is 0 Å². The van der Waals surface area contributed by atoms with Crippen molar-refractivity contribution in [1.29, 1.82) is 0 Å². The summed E-state index contributed by atoms with van der Waals surface area (Å²) in [6, 6.07) is 4.09. The van der Waals surface area contributed by atoms with Gasteiger partial charge in [-0.2, -0.15) is 4.31 Å². The number of carbonyl (C=O) groups excluding carboxylic acids is 6. The molecule has 118 heavy (non-hydrogen) atoms. The fourth-order valence-corrected chi connectivity index (χ4v) is 15.1. The standard InChI is InChI=1S/C28H36N8O6.C27H39N7O6.C20H26N8O7S/c1-4-29-26(39)23-21(37)22(38)27(42-23)36-16-31-20-24(30-15-18-8-6-12-34(18)2)32-19(33-25(20)36)9-5-7-17-10-13-35(14-11-17)28(40)41-3;1-5-17(6-2)30-23-19-24(34(15-29-19)26-21(36)20(35)22(40-26)25(37)28-7-3)32-18(31-23)10-8-9-16-11-13-33(14-12-16)27(38)39-4;1-3-22-19(32)16-14(30)15(31)20(35-16)28-10-23-13-17(21)24-11(25-18(13)28)4-5-12(29)26-6-8-27(9-7-26)36(2,33)34/h6,8,12,16-17,21-23,27,37-38H,4,7,10-11,13-15H2,1-3H3,(H,29,39)(H,30,32,33);15-17,20-22,26,35-36H,5-7,9,11-14H2,1-4H3,(H,28,37)(H,30,31,32);10,14-16,20,30-31H,3,6-9H2,1-2H3,(H,22,32)(H2,21,24,25)/t21-,22?,23+,27-;20-,21?,22+,26-;14-,15?,16+,20-/m111/s1. The van der Waals surface area contributed by atoms with E-state index in [1.54, 1.807) is 30.6 Å². The van der Waals surface area contributed by atoms with E-state index in [1.807, 2.05) is 29.9 Å². The molecule has 6 aliphatic heterocycles. The molecule has 13 rings (SSSR count). The molecule has 6 aliphatic rings. The number of methoxy groups -OCH3 is 2. The quantitative estimate of drug-likeness (QED) is 0.0422. The van der Waals surface area contributed by atoms with E-state index in [4.69, 9.17) is 29.4 Å². The Morgan fingerprint density at radius 2 is 0.958 bits per heavy atom. The highest BCUT2D eigenvalue weighted by Crippen LogP contribution is 2.37. The van der Waals surface area contributed by atoms with Crippen molar-refractivity contribution in [3.8, 4) is 35.5 Å². The van der Waals surface area contributed by atoms with Gasteiger partial charge in [-0.25, -0.2) is 62.9 Å². The highest BCUT2D eigenvalue weighted by atomic mass is 32.2. The Morgan fingerprint density at radius 1 is 0.551 bits per heavy atom. The number of anilines is 3. The highest BCUT2D eigenvalue weighted by molar-refractivity contribution is 7.88. The number of aromatic nitrogens is 13. The van der Waals surface area contributed by atoms with Crippen LogP contribution in [0.3, 0.4) is 0 Å². The van der Waals surface area contributed by atoms with Gasteiger partial charge in [-0.15, -0.1) is 0 Å². The van der Waals surface area contributed by atoms with Gasteiger partial charge in [0.15, 0.2) is 82.4 Å². The second-order valence-electron chi connectivity index (χ2n) is 28.8. The van der Waals surface area contributed by atoms with Crippen molar-refractivity contribution in [2.45, 2.75) is 172 Å². The molecule has 0 bridgehead atoms. The third-order valence-corrected chi connectivity index (χ3v) is 22.3. The second kappa shape index (κ2) is 39.5. The smallest absolute Gasteiger partial charge is 0.409 e. The minimum atomic E-state index is -3.33. The molecule has 0 spiro atoms. The number of nitrogen functional groups attached to an aromatic ring is 1. The number of aryl methyl sites for hydroxylation is 1. The van der Waals surface area contributed by atoms with Crippen LogP contribution in [0.5, 0.6) is 0 Å². The molecule has 12 atom stereocenters. The zero-order valence-corrected chi connectivity index (χ0v) is 67.7. The van der Waals surface area contributed by atoms with Crippen molar-refractivity contribution in [2.75, 3.05) is 109 Å². The summed E-state index contributed by atoms with van der Waals surface area (Å²) in [5.41, 5.74) is 8.90. The van der Waals surface area contributed by atoms with Crippen LogP contribution in [0.25, 0.3) is 33.5 Å². The molecule has 636 valence electrons. The summed E-state index contributed by atoms with van der Waals surface area (Å²) in [6.07, 6.45) is -2.76. The maximum atomic E-state index is 12.5. The molecule has 6 amide bonds. The van der Waals surface area contributed by atoms with E-state index in [0.29, 0.717) is 111 Å². The van der Waals surface area contributed by atoms with E-state index in [2.05, 4.69) is 121 Å².